The molecule has 0 N–H and O–H groups in total. The third-order valence-electron chi connectivity index (χ3n) is 5.30. The van der Waals surface area contributed by atoms with Gasteiger partial charge in [0.2, 0.25) is 0 Å². The van der Waals surface area contributed by atoms with Crippen LogP contribution in [-0.2, 0) is 13.0 Å². The first kappa shape index (κ1) is 15.2. The van der Waals surface area contributed by atoms with Crippen molar-refractivity contribution in [2.75, 3.05) is 4.90 Å². The van der Waals surface area contributed by atoms with Crippen LogP contribution in [0.4, 0.5) is 11.4 Å². The highest BCUT2D eigenvalue weighted by Gasteiger charge is 2.24. The number of aryl methyl sites for hydroxylation is 1. The van der Waals surface area contributed by atoms with Crippen molar-refractivity contribution in [2.24, 2.45) is 0 Å². The first-order chi connectivity index (χ1) is 12.8. The molecule has 2 heterocycles. The van der Waals surface area contributed by atoms with Crippen LogP contribution in [0.5, 0.6) is 0 Å². The summed E-state index contributed by atoms with van der Waals surface area (Å²) in [6.07, 6.45) is 2.94. The van der Waals surface area contributed by atoms with Crippen LogP contribution in [0.2, 0.25) is 0 Å². The van der Waals surface area contributed by atoms with Crippen molar-refractivity contribution in [3.05, 3.63) is 90.1 Å². The molecule has 0 radical (unpaired) electrons. The summed E-state index contributed by atoms with van der Waals surface area (Å²) in [5, 5.41) is 1.18. The summed E-state index contributed by atoms with van der Waals surface area (Å²) in [6, 6.07) is 26.2. The first-order valence-electron chi connectivity index (χ1n) is 9.17. The smallest absolute Gasteiger partial charge is 0.0938 e. The molecule has 1 aromatic heterocycles. The number of pyridine rings is 1. The molecule has 0 bridgehead atoms. The Morgan fingerprint density at radius 2 is 1.69 bits per heavy atom. The van der Waals surface area contributed by atoms with E-state index in [2.05, 4.69) is 83.5 Å². The van der Waals surface area contributed by atoms with E-state index in [1.807, 2.05) is 12.3 Å². The molecule has 2 heteroatoms. The normalized spacial score (nSPS) is 12.7. The van der Waals surface area contributed by atoms with Gasteiger partial charge in [0.15, 0.2) is 0 Å². The Bertz CT molecular complexity index is 1110. The zero-order chi connectivity index (χ0) is 17.5. The van der Waals surface area contributed by atoms with Crippen LogP contribution in [0.1, 0.15) is 18.1 Å². The molecule has 0 fully saturated rings. The topological polar surface area (TPSA) is 16.1 Å². The number of hydrogen-bond donors (Lipinski definition) is 0. The highest BCUT2D eigenvalue weighted by Crippen LogP contribution is 2.44. The minimum atomic E-state index is 0.867. The molecule has 0 unspecified atom stereocenters. The molecule has 3 aromatic carbocycles. The van der Waals surface area contributed by atoms with E-state index in [9.17, 15) is 0 Å². The van der Waals surface area contributed by atoms with Crippen molar-refractivity contribution in [1.29, 1.82) is 0 Å². The highest BCUT2D eigenvalue weighted by molar-refractivity contribution is 5.96. The van der Waals surface area contributed by atoms with Crippen LogP contribution in [0, 0.1) is 0 Å². The van der Waals surface area contributed by atoms with Crippen molar-refractivity contribution in [1.82, 2.24) is 4.98 Å². The van der Waals surface area contributed by atoms with Gasteiger partial charge in [0.1, 0.15) is 0 Å². The third-order valence-corrected chi connectivity index (χ3v) is 5.30. The van der Waals surface area contributed by atoms with E-state index in [0.29, 0.717) is 0 Å². The molecule has 4 aromatic rings. The van der Waals surface area contributed by atoms with E-state index < -0.39 is 0 Å². The van der Waals surface area contributed by atoms with Crippen LogP contribution in [0.25, 0.3) is 22.0 Å². The molecule has 26 heavy (non-hydrogen) atoms. The predicted octanol–water partition coefficient (Wildman–Crippen LogP) is 6.12. The molecule has 0 aliphatic carbocycles. The second-order valence-corrected chi connectivity index (χ2v) is 6.80. The van der Waals surface area contributed by atoms with Crippen LogP contribution in [0.15, 0.2) is 79.0 Å². The van der Waals surface area contributed by atoms with Crippen molar-refractivity contribution in [3.63, 3.8) is 0 Å². The lowest BCUT2D eigenvalue weighted by molar-refractivity contribution is 0.960. The summed E-state index contributed by atoms with van der Waals surface area (Å²) in [5.41, 5.74) is 8.90. The Morgan fingerprint density at radius 1 is 0.846 bits per heavy atom. The zero-order valence-electron chi connectivity index (χ0n) is 14.8. The molecule has 0 amide bonds. The maximum absolute atomic E-state index is 4.67. The molecular formula is C24H20N2. The molecule has 0 saturated heterocycles. The second kappa shape index (κ2) is 5.99. The lowest BCUT2D eigenvalue weighted by Gasteiger charge is -2.33. The summed E-state index contributed by atoms with van der Waals surface area (Å²) in [6.45, 7) is 3.08. The van der Waals surface area contributed by atoms with E-state index in [4.69, 9.17) is 0 Å². The molecule has 0 spiro atoms. The predicted molar refractivity (Wildman–Crippen MR) is 109 cm³/mol. The van der Waals surface area contributed by atoms with Crippen LogP contribution >= 0.6 is 0 Å². The van der Waals surface area contributed by atoms with Crippen LogP contribution < -0.4 is 4.90 Å². The number of anilines is 2. The van der Waals surface area contributed by atoms with E-state index >= 15 is 0 Å². The Morgan fingerprint density at radius 3 is 2.62 bits per heavy atom. The SMILES string of the molecule is CCc1ccc2c(c1)-c1ccccc1N(c1cccc3cccnc13)C2. The zero-order valence-corrected chi connectivity index (χ0v) is 14.8. The third kappa shape index (κ3) is 2.30. The average Bonchev–Trinajstić information content (AvgIpc) is 2.72. The molecule has 126 valence electrons. The molecule has 1 aliphatic rings. The number of fused-ring (bicyclic) bond motifs is 4. The van der Waals surface area contributed by atoms with Crippen molar-refractivity contribution in [3.8, 4) is 11.1 Å². The fraction of sp³-hybridized carbons (Fsp3) is 0.125. The minimum Gasteiger partial charge on any atom is -0.335 e. The average molecular weight is 336 g/mol. The van der Waals surface area contributed by atoms with Gasteiger partial charge in [0, 0.05) is 29.4 Å². The van der Waals surface area contributed by atoms with Gasteiger partial charge in [-0.2, -0.15) is 0 Å². The van der Waals surface area contributed by atoms with Gasteiger partial charge in [-0.05, 0) is 41.3 Å². The fourth-order valence-electron chi connectivity index (χ4n) is 3.95. The van der Waals surface area contributed by atoms with E-state index in [1.54, 1.807) is 0 Å². The van der Waals surface area contributed by atoms with E-state index in [0.717, 1.165) is 18.5 Å². The van der Waals surface area contributed by atoms with Gasteiger partial charge in [0.05, 0.1) is 11.2 Å². The van der Waals surface area contributed by atoms with E-state index in [1.165, 1.54) is 39.0 Å². The largest absolute Gasteiger partial charge is 0.335 e. The molecule has 0 atom stereocenters. The Kier molecular flexibility index (Phi) is 3.49. The van der Waals surface area contributed by atoms with Gasteiger partial charge in [-0.15, -0.1) is 0 Å². The van der Waals surface area contributed by atoms with E-state index in [-0.39, 0.29) is 0 Å². The number of nitrogens with zero attached hydrogens (tertiary/aromatic N) is 2. The van der Waals surface area contributed by atoms with Gasteiger partial charge < -0.3 is 4.90 Å². The Balaban J connectivity index is 1.74. The van der Waals surface area contributed by atoms with Crippen LogP contribution in [0.3, 0.4) is 0 Å². The summed E-state index contributed by atoms with van der Waals surface area (Å²) in [5.74, 6) is 0. The molecular weight excluding hydrogens is 316 g/mol. The standard InChI is InChI=1S/C24H20N2/c1-2-17-12-13-19-16-26(22-10-4-3-9-20(22)21(19)15-17)23-11-5-7-18-8-6-14-25-24(18)23/h3-15H,2,16H2,1H3. The fourth-order valence-corrected chi connectivity index (χ4v) is 3.95. The lowest BCUT2D eigenvalue weighted by atomic mass is 9.91. The summed E-state index contributed by atoms with van der Waals surface area (Å²) < 4.78 is 0. The Labute approximate surface area is 153 Å². The van der Waals surface area contributed by atoms with Crippen molar-refractivity contribution < 1.29 is 0 Å². The Hall–Kier alpha value is -3.13. The number of hydrogen-bond acceptors (Lipinski definition) is 2. The molecule has 2 nitrogen and oxygen atoms in total. The maximum atomic E-state index is 4.67. The van der Waals surface area contributed by atoms with Crippen molar-refractivity contribution >= 4 is 22.3 Å². The van der Waals surface area contributed by atoms with Gasteiger partial charge >= 0.3 is 0 Å². The monoisotopic (exact) mass is 336 g/mol. The lowest BCUT2D eigenvalue weighted by Crippen LogP contribution is -2.22. The quantitative estimate of drug-likeness (QED) is 0.438. The van der Waals surface area contributed by atoms with Gasteiger partial charge in [0.25, 0.3) is 0 Å². The number of aromatic nitrogens is 1. The summed E-state index contributed by atoms with van der Waals surface area (Å²) in [4.78, 5) is 7.07. The maximum Gasteiger partial charge on any atom is 0.0938 e. The van der Waals surface area contributed by atoms with Crippen molar-refractivity contribution in [2.45, 2.75) is 19.9 Å². The van der Waals surface area contributed by atoms with Gasteiger partial charge in [-0.1, -0.05) is 61.5 Å². The number of rotatable bonds is 2. The number of para-hydroxylation sites is 2. The first-order valence-corrected chi connectivity index (χ1v) is 9.17. The van der Waals surface area contributed by atoms with Crippen LogP contribution in [-0.4, -0.2) is 4.98 Å². The molecule has 5 rings (SSSR count). The van der Waals surface area contributed by atoms with Gasteiger partial charge in [-0.25, -0.2) is 0 Å². The summed E-state index contributed by atoms with van der Waals surface area (Å²) >= 11 is 0. The number of benzene rings is 3. The highest BCUT2D eigenvalue weighted by atomic mass is 15.1. The van der Waals surface area contributed by atoms with Gasteiger partial charge in [-0.3, -0.25) is 4.98 Å². The minimum absolute atomic E-state index is 0.867. The molecule has 1 aliphatic heterocycles. The second-order valence-electron chi connectivity index (χ2n) is 6.80. The molecule has 0 saturated carbocycles. The summed E-state index contributed by atoms with van der Waals surface area (Å²) in [7, 11) is 0.